The molecule has 8 heteroatoms. The summed E-state index contributed by atoms with van der Waals surface area (Å²) < 4.78 is 18.8. The number of hydrogen-bond acceptors (Lipinski definition) is 5. The van der Waals surface area contributed by atoms with E-state index in [9.17, 15) is 0 Å². The van der Waals surface area contributed by atoms with E-state index in [0.717, 1.165) is 62.3 Å². The Balaban J connectivity index is 1.49. The molecule has 0 bridgehead atoms. The Bertz CT molecular complexity index is 963. The second-order valence-corrected chi connectivity index (χ2v) is 9.09. The van der Waals surface area contributed by atoms with Gasteiger partial charge in [-0.15, -0.1) is 0 Å². The van der Waals surface area contributed by atoms with Gasteiger partial charge in [0, 0.05) is 64.6 Å². The van der Waals surface area contributed by atoms with Gasteiger partial charge in [-0.3, -0.25) is 9.67 Å². The highest BCUT2D eigenvalue weighted by Gasteiger charge is 2.36. The molecule has 0 spiro atoms. The van der Waals surface area contributed by atoms with Crippen molar-refractivity contribution in [2.45, 2.75) is 44.6 Å². The van der Waals surface area contributed by atoms with Gasteiger partial charge in [0.15, 0.2) is 17.5 Å². The molecular weight excluding hydrogens is 406 g/mol. The minimum absolute atomic E-state index is 0.0482. The number of hydrogen-bond donors (Lipinski definition) is 1. The molecule has 2 aliphatic heterocycles. The van der Waals surface area contributed by atoms with Gasteiger partial charge in [-0.1, -0.05) is 19.9 Å². The molecule has 32 heavy (non-hydrogen) atoms. The van der Waals surface area contributed by atoms with Gasteiger partial charge < -0.3 is 24.4 Å². The summed E-state index contributed by atoms with van der Waals surface area (Å²) in [6, 6.07) is 6.32. The van der Waals surface area contributed by atoms with Crippen LogP contribution in [0.1, 0.15) is 49.4 Å². The van der Waals surface area contributed by atoms with Crippen molar-refractivity contribution in [3.63, 3.8) is 0 Å². The van der Waals surface area contributed by atoms with Crippen LogP contribution >= 0.6 is 0 Å². The van der Waals surface area contributed by atoms with E-state index in [-0.39, 0.29) is 12.2 Å². The highest BCUT2D eigenvalue weighted by molar-refractivity contribution is 5.79. The Morgan fingerprint density at radius 3 is 2.72 bits per heavy atom. The Morgan fingerprint density at radius 2 is 2.00 bits per heavy atom. The zero-order chi connectivity index (χ0) is 22.7. The number of aliphatic imine (C=N–C) groups is 1. The lowest BCUT2D eigenvalue weighted by Crippen LogP contribution is -2.48. The molecule has 174 valence electrons. The fraction of sp³-hybridized carbons (Fsp3) is 0.583. The molecule has 1 N–H and O–H groups in total. The van der Waals surface area contributed by atoms with Crippen molar-refractivity contribution >= 4 is 5.96 Å². The molecule has 0 amide bonds. The van der Waals surface area contributed by atoms with Crippen molar-refractivity contribution in [3.05, 3.63) is 41.2 Å². The van der Waals surface area contributed by atoms with Crippen LogP contribution in [-0.2, 0) is 23.7 Å². The van der Waals surface area contributed by atoms with Crippen molar-refractivity contribution in [2.24, 2.45) is 12.0 Å². The predicted molar refractivity (Wildman–Crippen MR) is 124 cm³/mol. The SMILES string of the molecule is CN=C(NCC1(c2ccc3c(c2)OCO3)CCOCC1)N(C)Cc1cn(C)nc1C(C)C. The molecule has 0 aliphatic carbocycles. The maximum absolute atomic E-state index is 5.70. The number of guanidine groups is 1. The lowest BCUT2D eigenvalue weighted by atomic mass is 9.74. The lowest BCUT2D eigenvalue weighted by molar-refractivity contribution is 0.0511. The summed E-state index contributed by atoms with van der Waals surface area (Å²) in [5.74, 6) is 2.89. The topological polar surface area (TPSA) is 73.1 Å². The van der Waals surface area contributed by atoms with Gasteiger partial charge in [-0.25, -0.2) is 0 Å². The van der Waals surface area contributed by atoms with Gasteiger partial charge in [0.25, 0.3) is 0 Å². The maximum atomic E-state index is 5.70. The fourth-order valence-corrected chi connectivity index (χ4v) is 4.68. The van der Waals surface area contributed by atoms with Gasteiger partial charge in [0.05, 0.1) is 5.69 Å². The Hall–Kier alpha value is -2.74. The summed E-state index contributed by atoms with van der Waals surface area (Å²) >= 11 is 0. The highest BCUT2D eigenvalue weighted by atomic mass is 16.7. The first-order valence-electron chi connectivity index (χ1n) is 11.3. The van der Waals surface area contributed by atoms with Crippen LogP contribution in [0.5, 0.6) is 11.5 Å². The van der Waals surface area contributed by atoms with Gasteiger partial charge in [-0.2, -0.15) is 5.10 Å². The smallest absolute Gasteiger partial charge is 0.231 e. The first-order valence-corrected chi connectivity index (χ1v) is 11.3. The van der Waals surface area contributed by atoms with E-state index < -0.39 is 0 Å². The van der Waals surface area contributed by atoms with E-state index in [1.807, 2.05) is 24.8 Å². The summed E-state index contributed by atoms with van der Waals surface area (Å²) in [7, 11) is 5.88. The predicted octanol–water partition coefficient (Wildman–Crippen LogP) is 3.03. The quantitative estimate of drug-likeness (QED) is 0.549. The number of nitrogens with zero attached hydrogens (tertiary/aromatic N) is 4. The second kappa shape index (κ2) is 9.40. The van der Waals surface area contributed by atoms with Gasteiger partial charge in [0.2, 0.25) is 6.79 Å². The van der Waals surface area contributed by atoms with Crippen LogP contribution < -0.4 is 14.8 Å². The second-order valence-electron chi connectivity index (χ2n) is 9.09. The normalized spacial score (nSPS) is 17.6. The van der Waals surface area contributed by atoms with Crippen LogP contribution in [0.2, 0.25) is 0 Å². The minimum Gasteiger partial charge on any atom is -0.454 e. The molecule has 2 aliphatic rings. The molecule has 1 saturated heterocycles. The number of fused-ring (bicyclic) bond motifs is 1. The molecule has 8 nitrogen and oxygen atoms in total. The van der Waals surface area contributed by atoms with E-state index in [1.165, 1.54) is 11.1 Å². The number of aromatic nitrogens is 2. The molecule has 1 fully saturated rings. The van der Waals surface area contributed by atoms with Crippen LogP contribution in [0.25, 0.3) is 0 Å². The Labute approximate surface area is 190 Å². The van der Waals surface area contributed by atoms with Crippen molar-refractivity contribution in [2.75, 3.05) is 40.6 Å². The van der Waals surface area contributed by atoms with Gasteiger partial charge in [-0.05, 0) is 36.5 Å². The van der Waals surface area contributed by atoms with Crippen molar-refractivity contribution in [1.82, 2.24) is 20.0 Å². The third-order valence-corrected chi connectivity index (χ3v) is 6.48. The average molecular weight is 442 g/mol. The number of benzene rings is 1. The molecule has 0 radical (unpaired) electrons. The number of aryl methyl sites for hydroxylation is 1. The van der Waals surface area contributed by atoms with E-state index in [2.05, 4.69) is 59.5 Å². The number of nitrogens with one attached hydrogen (secondary N) is 1. The zero-order valence-electron chi connectivity index (χ0n) is 19.9. The number of rotatable bonds is 6. The molecule has 3 heterocycles. The molecule has 0 atom stereocenters. The van der Waals surface area contributed by atoms with Gasteiger partial charge >= 0.3 is 0 Å². The van der Waals surface area contributed by atoms with Crippen LogP contribution in [-0.4, -0.2) is 61.3 Å². The van der Waals surface area contributed by atoms with Crippen molar-refractivity contribution < 1.29 is 14.2 Å². The van der Waals surface area contributed by atoms with Gasteiger partial charge in [0.1, 0.15) is 0 Å². The third-order valence-electron chi connectivity index (χ3n) is 6.48. The molecular formula is C24H35N5O3. The monoisotopic (exact) mass is 441 g/mol. The fourth-order valence-electron chi connectivity index (χ4n) is 4.68. The first kappa shape index (κ1) is 22.5. The van der Waals surface area contributed by atoms with Crippen LogP contribution in [0.15, 0.2) is 29.4 Å². The Morgan fingerprint density at radius 1 is 1.25 bits per heavy atom. The molecule has 0 unspecified atom stereocenters. The lowest BCUT2D eigenvalue weighted by Gasteiger charge is -2.39. The van der Waals surface area contributed by atoms with E-state index in [1.54, 1.807) is 0 Å². The average Bonchev–Trinajstić information content (AvgIpc) is 3.40. The van der Waals surface area contributed by atoms with E-state index in [0.29, 0.717) is 5.92 Å². The van der Waals surface area contributed by atoms with Crippen LogP contribution in [0.4, 0.5) is 0 Å². The Kier molecular flexibility index (Phi) is 6.60. The largest absolute Gasteiger partial charge is 0.454 e. The van der Waals surface area contributed by atoms with E-state index in [4.69, 9.17) is 14.2 Å². The molecule has 2 aromatic rings. The highest BCUT2D eigenvalue weighted by Crippen LogP contribution is 2.40. The van der Waals surface area contributed by atoms with Crippen molar-refractivity contribution in [1.29, 1.82) is 0 Å². The van der Waals surface area contributed by atoms with Crippen LogP contribution in [0.3, 0.4) is 0 Å². The minimum atomic E-state index is -0.0482. The number of ether oxygens (including phenoxy) is 3. The molecule has 0 saturated carbocycles. The van der Waals surface area contributed by atoms with Crippen LogP contribution in [0, 0.1) is 0 Å². The molecule has 4 rings (SSSR count). The van der Waals surface area contributed by atoms with E-state index >= 15 is 0 Å². The molecule has 1 aromatic carbocycles. The maximum Gasteiger partial charge on any atom is 0.231 e. The summed E-state index contributed by atoms with van der Waals surface area (Å²) in [4.78, 5) is 6.72. The summed E-state index contributed by atoms with van der Waals surface area (Å²) in [5.41, 5.74) is 3.57. The third kappa shape index (κ3) is 4.55. The summed E-state index contributed by atoms with van der Waals surface area (Å²) in [6.07, 6.45) is 3.99. The molecule has 1 aromatic heterocycles. The zero-order valence-corrected chi connectivity index (χ0v) is 19.9. The standard InChI is InChI=1S/C24H35N5O3/c1-17(2)22-18(14-29(5)27-22)13-28(4)23(25-3)26-15-24(8-10-30-11-9-24)19-6-7-20-21(12-19)32-16-31-20/h6-7,12,14,17H,8-11,13,15-16H2,1-5H3,(H,25,26). The summed E-state index contributed by atoms with van der Waals surface area (Å²) in [6.45, 7) is 7.67. The van der Waals surface area contributed by atoms with Crippen molar-refractivity contribution in [3.8, 4) is 11.5 Å². The first-order chi connectivity index (χ1) is 15.4. The summed E-state index contributed by atoms with van der Waals surface area (Å²) in [5, 5.41) is 8.28.